The first-order valence-corrected chi connectivity index (χ1v) is 5.67. The third-order valence-corrected chi connectivity index (χ3v) is 3.46. The zero-order valence-corrected chi connectivity index (χ0v) is 9.91. The Morgan fingerprint density at radius 1 is 1.29 bits per heavy atom. The van der Waals surface area contributed by atoms with E-state index in [2.05, 4.69) is 32.6 Å². The molecule has 5 heteroatoms. The van der Waals surface area contributed by atoms with Crippen LogP contribution in [0.5, 0.6) is 0 Å². The molecule has 2 aromatic heterocycles. The summed E-state index contributed by atoms with van der Waals surface area (Å²) in [5.41, 5.74) is 0.486. The standard InChI is InChI=1S/C9H4IN3S/c10-8-2-1-7(14-8)9-12-4-6(3-11)5-13-9/h1-2,4-5H. The van der Waals surface area contributed by atoms with Crippen LogP contribution in [0, 0.1) is 14.2 Å². The summed E-state index contributed by atoms with van der Waals surface area (Å²) in [6, 6.07) is 5.98. The van der Waals surface area contributed by atoms with Gasteiger partial charge in [0.2, 0.25) is 0 Å². The lowest BCUT2D eigenvalue weighted by Crippen LogP contribution is -1.86. The number of rotatable bonds is 1. The van der Waals surface area contributed by atoms with Gasteiger partial charge in [-0.15, -0.1) is 11.3 Å². The lowest BCUT2D eigenvalue weighted by atomic mass is 10.3. The fourth-order valence-electron chi connectivity index (χ4n) is 0.947. The maximum Gasteiger partial charge on any atom is 0.169 e. The van der Waals surface area contributed by atoms with Crippen molar-refractivity contribution in [2.45, 2.75) is 0 Å². The molecule has 0 atom stereocenters. The van der Waals surface area contributed by atoms with Crippen molar-refractivity contribution in [2.75, 3.05) is 0 Å². The van der Waals surface area contributed by atoms with E-state index >= 15 is 0 Å². The monoisotopic (exact) mass is 313 g/mol. The Kier molecular flexibility index (Phi) is 2.74. The minimum absolute atomic E-state index is 0.486. The van der Waals surface area contributed by atoms with E-state index in [0.717, 1.165) is 4.88 Å². The Morgan fingerprint density at radius 3 is 2.50 bits per heavy atom. The normalized spacial score (nSPS) is 9.71. The first-order chi connectivity index (χ1) is 6.79. The molecule has 0 fully saturated rings. The van der Waals surface area contributed by atoms with E-state index in [1.165, 1.54) is 15.3 Å². The van der Waals surface area contributed by atoms with Crippen LogP contribution in [0.3, 0.4) is 0 Å². The number of aromatic nitrogens is 2. The molecular weight excluding hydrogens is 309 g/mol. The van der Waals surface area contributed by atoms with Gasteiger partial charge >= 0.3 is 0 Å². The zero-order valence-electron chi connectivity index (χ0n) is 6.94. The smallest absolute Gasteiger partial charge is 0.169 e. The maximum absolute atomic E-state index is 8.57. The van der Waals surface area contributed by atoms with Crippen LogP contribution < -0.4 is 0 Å². The molecule has 0 saturated carbocycles. The Morgan fingerprint density at radius 2 is 2.00 bits per heavy atom. The molecule has 0 N–H and O–H groups in total. The van der Waals surface area contributed by atoms with E-state index in [9.17, 15) is 0 Å². The van der Waals surface area contributed by atoms with Crippen molar-refractivity contribution in [3.05, 3.63) is 33.0 Å². The van der Waals surface area contributed by atoms with Crippen molar-refractivity contribution in [3.8, 4) is 16.8 Å². The molecule has 0 aliphatic heterocycles. The van der Waals surface area contributed by atoms with E-state index in [4.69, 9.17) is 5.26 Å². The van der Waals surface area contributed by atoms with E-state index in [0.29, 0.717) is 11.4 Å². The highest BCUT2D eigenvalue weighted by Crippen LogP contribution is 2.25. The van der Waals surface area contributed by atoms with E-state index in [-0.39, 0.29) is 0 Å². The topological polar surface area (TPSA) is 49.6 Å². The molecule has 3 nitrogen and oxygen atoms in total. The number of halogens is 1. The average molecular weight is 313 g/mol. The van der Waals surface area contributed by atoms with Crippen molar-refractivity contribution >= 4 is 33.9 Å². The van der Waals surface area contributed by atoms with Gasteiger partial charge in [0.1, 0.15) is 6.07 Å². The summed E-state index contributed by atoms with van der Waals surface area (Å²) < 4.78 is 1.20. The lowest BCUT2D eigenvalue weighted by molar-refractivity contribution is 1.17. The summed E-state index contributed by atoms with van der Waals surface area (Å²) in [6.45, 7) is 0. The third kappa shape index (κ3) is 1.91. The van der Waals surface area contributed by atoms with Crippen molar-refractivity contribution in [2.24, 2.45) is 0 Å². The molecule has 2 heterocycles. The second-order valence-corrected chi connectivity index (χ2v) is 5.49. The zero-order chi connectivity index (χ0) is 9.97. The first-order valence-electron chi connectivity index (χ1n) is 3.77. The minimum atomic E-state index is 0.486. The molecule has 0 bridgehead atoms. The Hall–Kier alpha value is -1.000. The molecule has 0 saturated heterocycles. The summed E-state index contributed by atoms with van der Waals surface area (Å²) in [7, 11) is 0. The van der Waals surface area contributed by atoms with Gasteiger partial charge in [-0.1, -0.05) is 0 Å². The van der Waals surface area contributed by atoms with Gasteiger partial charge < -0.3 is 0 Å². The van der Waals surface area contributed by atoms with E-state index in [1.54, 1.807) is 11.3 Å². The quantitative estimate of drug-likeness (QED) is 0.761. The fraction of sp³-hybridized carbons (Fsp3) is 0. The molecule has 2 aromatic rings. The lowest BCUT2D eigenvalue weighted by Gasteiger charge is -1.93. The summed E-state index contributed by atoms with van der Waals surface area (Å²) in [5, 5.41) is 8.57. The van der Waals surface area contributed by atoms with Crippen LogP contribution in [0.1, 0.15) is 5.56 Å². The molecule has 0 unspecified atom stereocenters. The van der Waals surface area contributed by atoms with Crippen LogP contribution in [0.15, 0.2) is 24.5 Å². The van der Waals surface area contributed by atoms with Crippen molar-refractivity contribution in [1.82, 2.24) is 9.97 Å². The van der Waals surface area contributed by atoms with Crippen molar-refractivity contribution < 1.29 is 0 Å². The highest BCUT2D eigenvalue weighted by molar-refractivity contribution is 14.1. The first kappa shape index (κ1) is 9.55. The molecule has 0 radical (unpaired) electrons. The molecule has 14 heavy (non-hydrogen) atoms. The number of hydrogen-bond donors (Lipinski definition) is 0. The highest BCUT2D eigenvalue weighted by Gasteiger charge is 2.03. The SMILES string of the molecule is N#Cc1cnc(-c2ccc(I)s2)nc1. The van der Waals surface area contributed by atoms with Gasteiger partial charge in [-0.25, -0.2) is 9.97 Å². The van der Waals surface area contributed by atoms with Gasteiger partial charge in [-0.2, -0.15) is 5.26 Å². The summed E-state index contributed by atoms with van der Waals surface area (Å²) >= 11 is 3.89. The van der Waals surface area contributed by atoms with Gasteiger partial charge in [0.25, 0.3) is 0 Å². The molecule has 0 amide bonds. The summed E-state index contributed by atoms with van der Waals surface area (Å²) in [5.74, 6) is 0.678. The van der Waals surface area contributed by atoms with Gasteiger partial charge in [-0.3, -0.25) is 0 Å². The van der Waals surface area contributed by atoms with Gasteiger partial charge in [0.05, 0.1) is 13.3 Å². The Bertz CT molecular complexity index is 484. The second-order valence-electron chi connectivity index (χ2n) is 2.51. The number of thiophene rings is 1. The number of nitrogens with zero attached hydrogens (tertiary/aromatic N) is 3. The Balaban J connectivity index is 2.39. The van der Waals surface area contributed by atoms with Crippen LogP contribution in [0.4, 0.5) is 0 Å². The van der Waals surface area contributed by atoms with Crippen LogP contribution >= 0.6 is 33.9 Å². The average Bonchev–Trinajstić information content (AvgIpc) is 2.65. The molecule has 0 spiro atoms. The van der Waals surface area contributed by atoms with Gasteiger partial charge in [0.15, 0.2) is 5.82 Å². The Labute approximate surface area is 98.6 Å². The van der Waals surface area contributed by atoms with Gasteiger partial charge in [0, 0.05) is 12.4 Å². The fourth-order valence-corrected chi connectivity index (χ4v) is 2.52. The number of hydrogen-bond acceptors (Lipinski definition) is 4. The molecular formula is C9H4IN3S. The van der Waals surface area contributed by atoms with Crippen LogP contribution in [-0.2, 0) is 0 Å². The van der Waals surface area contributed by atoms with Gasteiger partial charge in [-0.05, 0) is 34.7 Å². The third-order valence-electron chi connectivity index (χ3n) is 1.57. The molecule has 0 aromatic carbocycles. The predicted octanol–water partition coefficient (Wildman–Crippen LogP) is 2.68. The molecule has 0 aliphatic carbocycles. The summed E-state index contributed by atoms with van der Waals surface area (Å²) in [4.78, 5) is 9.24. The molecule has 2 rings (SSSR count). The van der Waals surface area contributed by atoms with E-state index < -0.39 is 0 Å². The minimum Gasteiger partial charge on any atom is -0.234 e. The van der Waals surface area contributed by atoms with Crippen molar-refractivity contribution in [3.63, 3.8) is 0 Å². The van der Waals surface area contributed by atoms with Crippen LogP contribution in [0.2, 0.25) is 0 Å². The second kappa shape index (κ2) is 4.02. The van der Waals surface area contributed by atoms with Crippen LogP contribution in [0.25, 0.3) is 10.7 Å². The number of nitriles is 1. The predicted molar refractivity (Wildman–Crippen MR) is 62.8 cm³/mol. The maximum atomic E-state index is 8.57. The van der Waals surface area contributed by atoms with E-state index in [1.807, 2.05) is 18.2 Å². The largest absolute Gasteiger partial charge is 0.234 e. The van der Waals surface area contributed by atoms with Crippen molar-refractivity contribution in [1.29, 1.82) is 5.26 Å². The van der Waals surface area contributed by atoms with Crippen LogP contribution in [-0.4, -0.2) is 9.97 Å². The summed E-state index contributed by atoms with van der Waals surface area (Å²) in [6.07, 6.45) is 3.07. The molecule has 68 valence electrons. The molecule has 0 aliphatic rings. The highest BCUT2D eigenvalue weighted by atomic mass is 127.